The van der Waals surface area contributed by atoms with Gasteiger partial charge in [0.15, 0.2) is 0 Å². The van der Waals surface area contributed by atoms with Gasteiger partial charge in [0.25, 0.3) is 0 Å². The first-order valence-corrected chi connectivity index (χ1v) is 5.88. The van der Waals surface area contributed by atoms with Crippen LogP contribution in [-0.4, -0.2) is 35.7 Å². The second-order valence-corrected chi connectivity index (χ2v) is 3.78. The molecule has 18 heavy (non-hydrogen) atoms. The van der Waals surface area contributed by atoms with Crippen molar-refractivity contribution < 1.29 is 9.90 Å². The molecular formula is C13H17N3O2. The summed E-state index contributed by atoms with van der Waals surface area (Å²) in [4.78, 5) is 13.5. The summed E-state index contributed by atoms with van der Waals surface area (Å²) in [5.74, 6) is 0. The summed E-state index contributed by atoms with van der Waals surface area (Å²) < 4.78 is 0. The summed E-state index contributed by atoms with van der Waals surface area (Å²) in [5.41, 5.74) is 1.21. The summed E-state index contributed by atoms with van der Waals surface area (Å²) in [6.07, 6.45) is 0.564. The molecule has 0 aliphatic heterocycles. The molecule has 0 radical (unpaired) electrons. The van der Waals surface area contributed by atoms with Gasteiger partial charge in [0.05, 0.1) is 11.6 Å². The lowest BCUT2D eigenvalue weighted by molar-refractivity contribution is 0.205. The van der Waals surface area contributed by atoms with Crippen molar-refractivity contribution in [3.8, 4) is 6.07 Å². The van der Waals surface area contributed by atoms with Gasteiger partial charge in [0, 0.05) is 25.4 Å². The highest BCUT2D eigenvalue weighted by Gasteiger charge is 2.10. The zero-order valence-electron chi connectivity index (χ0n) is 10.4. The molecule has 0 saturated heterocycles. The Labute approximate surface area is 107 Å². The lowest BCUT2D eigenvalue weighted by Crippen LogP contribution is -2.35. The number of nitriles is 1. The molecule has 96 valence electrons. The van der Waals surface area contributed by atoms with Gasteiger partial charge in [-0.05, 0) is 37.6 Å². The zero-order valence-corrected chi connectivity index (χ0v) is 10.4. The first-order valence-electron chi connectivity index (χ1n) is 5.88. The van der Waals surface area contributed by atoms with Crippen LogP contribution < -0.4 is 5.32 Å². The van der Waals surface area contributed by atoms with E-state index in [0.29, 0.717) is 30.8 Å². The molecule has 0 fully saturated rings. The molecule has 5 nitrogen and oxygen atoms in total. The predicted molar refractivity (Wildman–Crippen MR) is 69.1 cm³/mol. The molecule has 0 aromatic heterocycles. The Kier molecular flexibility index (Phi) is 5.68. The van der Waals surface area contributed by atoms with Crippen LogP contribution in [0.5, 0.6) is 0 Å². The number of hydrogen-bond acceptors (Lipinski definition) is 3. The summed E-state index contributed by atoms with van der Waals surface area (Å²) in [5, 5.41) is 20.2. The van der Waals surface area contributed by atoms with Crippen LogP contribution in [-0.2, 0) is 0 Å². The van der Waals surface area contributed by atoms with Crippen molar-refractivity contribution in [3.05, 3.63) is 29.8 Å². The first kappa shape index (κ1) is 14.0. The van der Waals surface area contributed by atoms with Crippen LogP contribution in [0.4, 0.5) is 10.5 Å². The summed E-state index contributed by atoms with van der Waals surface area (Å²) >= 11 is 0. The quantitative estimate of drug-likeness (QED) is 0.832. The Morgan fingerprint density at radius 3 is 2.61 bits per heavy atom. The van der Waals surface area contributed by atoms with Crippen molar-refractivity contribution in [1.82, 2.24) is 4.90 Å². The van der Waals surface area contributed by atoms with E-state index in [1.165, 1.54) is 0 Å². The number of nitrogens with one attached hydrogen (secondary N) is 1. The van der Waals surface area contributed by atoms with Gasteiger partial charge in [-0.2, -0.15) is 5.26 Å². The normalized spacial score (nSPS) is 9.61. The Balaban J connectivity index is 2.59. The van der Waals surface area contributed by atoms with E-state index in [1.54, 1.807) is 29.2 Å². The van der Waals surface area contributed by atoms with Gasteiger partial charge in [-0.1, -0.05) is 0 Å². The third kappa shape index (κ3) is 4.07. The van der Waals surface area contributed by atoms with Crippen LogP contribution in [0.1, 0.15) is 18.9 Å². The predicted octanol–water partition coefficient (Wildman–Crippen LogP) is 1.79. The van der Waals surface area contributed by atoms with Crippen molar-refractivity contribution in [2.24, 2.45) is 0 Å². The standard InChI is InChI=1S/C13H17N3O2/c1-2-16(8-3-9-17)13(18)15-12-6-4-11(10-14)5-7-12/h4-7,17H,2-3,8-9H2,1H3,(H,15,18). The highest BCUT2D eigenvalue weighted by atomic mass is 16.3. The third-order valence-electron chi connectivity index (χ3n) is 2.52. The van der Waals surface area contributed by atoms with Crippen LogP contribution in [0.15, 0.2) is 24.3 Å². The van der Waals surface area contributed by atoms with Crippen molar-refractivity contribution in [1.29, 1.82) is 5.26 Å². The van der Waals surface area contributed by atoms with Gasteiger partial charge in [0.1, 0.15) is 0 Å². The molecule has 0 unspecified atom stereocenters. The van der Waals surface area contributed by atoms with E-state index in [9.17, 15) is 4.79 Å². The zero-order chi connectivity index (χ0) is 13.4. The minimum Gasteiger partial charge on any atom is -0.396 e. The minimum absolute atomic E-state index is 0.0701. The molecule has 0 atom stereocenters. The van der Waals surface area contributed by atoms with Gasteiger partial charge in [-0.15, -0.1) is 0 Å². The maximum Gasteiger partial charge on any atom is 0.321 e. The second kappa shape index (κ2) is 7.30. The molecular weight excluding hydrogens is 230 g/mol. The smallest absolute Gasteiger partial charge is 0.321 e. The summed E-state index contributed by atoms with van der Waals surface area (Å²) in [6.45, 7) is 3.06. The second-order valence-electron chi connectivity index (χ2n) is 3.78. The number of rotatable bonds is 5. The summed E-state index contributed by atoms with van der Waals surface area (Å²) in [7, 11) is 0. The van der Waals surface area contributed by atoms with Crippen molar-refractivity contribution >= 4 is 11.7 Å². The fraction of sp³-hybridized carbons (Fsp3) is 0.385. The SMILES string of the molecule is CCN(CCCO)C(=O)Nc1ccc(C#N)cc1. The molecule has 1 aromatic rings. The van der Waals surface area contributed by atoms with Gasteiger partial charge < -0.3 is 15.3 Å². The lowest BCUT2D eigenvalue weighted by Gasteiger charge is -2.20. The molecule has 0 spiro atoms. The largest absolute Gasteiger partial charge is 0.396 e. The van der Waals surface area contributed by atoms with Gasteiger partial charge in [0.2, 0.25) is 0 Å². The number of carbonyl (C=O) groups is 1. The van der Waals surface area contributed by atoms with E-state index >= 15 is 0 Å². The molecule has 2 amide bonds. The van der Waals surface area contributed by atoms with E-state index < -0.39 is 0 Å². The van der Waals surface area contributed by atoms with Crippen LogP contribution in [0.2, 0.25) is 0 Å². The molecule has 0 aliphatic rings. The monoisotopic (exact) mass is 247 g/mol. The van der Waals surface area contributed by atoms with Crippen molar-refractivity contribution in [2.75, 3.05) is 25.0 Å². The number of amides is 2. The summed E-state index contributed by atoms with van der Waals surface area (Å²) in [6, 6.07) is 8.51. The molecule has 2 N–H and O–H groups in total. The van der Waals surface area contributed by atoms with Crippen LogP contribution >= 0.6 is 0 Å². The minimum atomic E-state index is -0.198. The van der Waals surface area contributed by atoms with Gasteiger partial charge >= 0.3 is 6.03 Å². The Bertz CT molecular complexity index is 423. The first-order chi connectivity index (χ1) is 8.71. The number of urea groups is 1. The molecule has 0 bridgehead atoms. The molecule has 0 aliphatic carbocycles. The number of carbonyl (C=O) groups excluding carboxylic acids is 1. The van der Waals surface area contributed by atoms with E-state index in [2.05, 4.69) is 5.32 Å². The third-order valence-corrected chi connectivity index (χ3v) is 2.52. The van der Waals surface area contributed by atoms with Gasteiger partial charge in [-0.3, -0.25) is 0 Å². The number of anilines is 1. The molecule has 0 heterocycles. The number of hydrogen-bond donors (Lipinski definition) is 2. The van der Waals surface area contributed by atoms with Crippen LogP contribution in [0.3, 0.4) is 0 Å². The Morgan fingerprint density at radius 1 is 1.44 bits per heavy atom. The Hall–Kier alpha value is -2.06. The molecule has 0 saturated carbocycles. The topological polar surface area (TPSA) is 76.4 Å². The number of aliphatic hydroxyl groups is 1. The lowest BCUT2D eigenvalue weighted by atomic mass is 10.2. The van der Waals surface area contributed by atoms with Gasteiger partial charge in [-0.25, -0.2) is 4.79 Å². The van der Waals surface area contributed by atoms with E-state index in [4.69, 9.17) is 10.4 Å². The number of aliphatic hydroxyl groups excluding tert-OH is 1. The van der Waals surface area contributed by atoms with Crippen molar-refractivity contribution in [3.63, 3.8) is 0 Å². The number of benzene rings is 1. The highest BCUT2D eigenvalue weighted by Crippen LogP contribution is 2.09. The van der Waals surface area contributed by atoms with E-state index in [0.717, 1.165) is 0 Å². The molecule has 1 rings (SSSR count). The van der Waals surface area contributed by atoms with E-state index in [-0.39, 0.29) is 12.6 Å². The maximum absolute atomic E-state index is 11.9. The van der Waals surface area contributed by atoms with Crippen LogP contribution in [0.25, 0.3) is 0 Å². The molecule has 5 heteroatoms. The maximum atomic E-state index is 11.9. The average molecular weight is 247 g/mol. The highest BCUT2D eigenvalue weighted by molar-refractivity contribution is 5.89. The van der Waals surface area contributed by atoms with Crippen LogP contribution in [0, 0.1) is 11.3 Å². The van der Waals surface area contributed by atoms with E-state index in [1.807, 2.05) is 13.0 Å². The van der Waals surface area contributed by atoms with Crippen molar-refractivity contribution in [2.45, 2.75) is 13.3 Å². The fourth-order valence-corrected chi connectivity index (χ4v) is 1.50. The molecule has 1 aromatic carbocycles. The average Bonchev–Trinajstić information content (AvgIpc) is 2.40. The number of nitrogens with zero attached hydrogens (tertiary/aromatic N) is 2. The fourth-order valence-electron chi connectivity index (χ4n) is 1.50. The Morgan fingerprint density at radius 2 is 2.11 bits per heavy atom.